The molecule has 7 heteroatoms. The van der Waals surface area contributed by atoms with Crippen LogP contribution in [0.25, 0.3) is 10.2 Å². The van der Waals surface area contributed by atoms with Crippen molar-refractivity contribution in [2.24, 2.45) is 0 Å². The lowest BCUT2D eigenvalue weighted by atomic mass is 10.3. The van der Waals surface area contributed by atoms with Crippen molar-refractivity contribution in [1.29, 1.82) is 0 Å². The third kappa shape index (κ3) is 2.19. The normalized spacial score (nSPS) is 11.3. The number of nitrogens with zero attached hydrogens (tertiary/aromatic N) is 4. The molecule has 0 amide bonds. The van der Waals surface area contributed by atoms with Gasteiger partial charge in [-0.1, -0.05) is 6.92 Å². The fourth-order valence-corrected chi connectivity index (χ4v) is 3.47. The molecule has 3 aromatic heterocycles. The Morgan fingerprint density at radius 2 is 2.21 bits per heavy atom. The van der Waals surface area contributed by atoms with Gasteiger partial charge in [0, 0.05) is 11.1 Å². The van der Waals surface area contributed by atoms with Crippen LogP contribution in [0.2, 0.25) is 0 Å². The van der Waals surface area contributed by atoms with Gasteiger partial charge >= 0.3 is 0 Å². The van der Waals surface area contributed by atoms with E-state index in [9.17, 15) is 4.79 Å². The molecule has 5 nitrogen and oxygen atoms in total. The molecule has 0 bridgehead atoms. The molecule has 19 heavy (non-hydrogen) atoms. The van der Waals surface area contributed by atoms with Crippen molar-refractivity contribution in [3.05, 3.63) is 38.5 Å². The molecule has 3 rings (SSSR count). The molecule has 0 N–H and O–H groups in total. The fourth-order valence-electron chi connectivity index (χ4n) is 1.88. The first-order valence-corrected chi connectivity index (χ1v) is 7.53. The topological polar surface area (TPSA) is 60.7 Å². The van der Waals surface area contributed by atoms with E-state index < -0.39 is 0 Å². The molecule has 0 spiro atoms. The van der Waals surface area contributed by atoms with Gasteiger partial charge < -0.3 is 0 Å². The highest BCUT2D eigenvalue weighted by Crippen LogP contribution is 2.17. The van der Waals surface area contributed by atoms with Crippen LogP contribution in [0.3, 0.4) is 0 Å². The van der Waals surface area contributed by atoms with Gasteiger partial charge in [0.25, 0.3) is 5.56 Å². The first-order chi connectivity index (χ1) is 9.19. The van der Waals surface area contributed by atoms with E-state index in [-0.39, 0.29) is 5.56 Å². The molecule has 0 unspecified atom stereocenters. The molecule has 0 aromatic carbocycles. The molecule has 0 atom stereocenters. The number of thiazole rings is 1. The molecule has 0 saturated carbocycles. The van der Waals surface area contributed by atoms with E-state index in [1.165, 1.54) is 11.5 Å². The second-order valence-corrected chi connectivity index (χ2v) is 6.15. The minimum absolute atomic E-state index is 0.0253. The van der Waals surface area contributed by atoms with Crippen LogP contribution in [0.15, 0.2) is 17.3 Å². The Kier molecular flexibility index (Phi) is 3.16. The average molecular weight is 292 g/mol. The van der Waals surface area contributed by atoms with Gasteiger partial charge in [0.2, 0.25) is 0 Å². The molecule has 0 saturated heterocycles. The van der Waals surface area contributed by atoms with Crippen LogP contribution in [0.4, 0.5) is 0 Å². The van der Waals surface area contributed by atoms with Crippen LogP contribution in [-0.4, -0.2) is 18.9 Å². The zero-order chi connectivity index (χ0) is 13.4. The van der Waals surface area contributed by atoms with Crippen molar-refractivity contribution in [3.63, 3.8) is 0 Å². The summed E-state index contributed by atoms with van der Waals surface area (Å²) in [4.78, 5) is 22.7. The highest BCUT2D eigenvalue weighted by molar-refractivity contribution is 7.13. The summed E-state index contributed by atoms with van der Waals surface area (Å²) in [7, 11) is 0. The molecule has 3 aromatic rings. The van der Waals surface area contributed by atoms with Gasteiger partial charge in [0.1, 0.15) is 0 Å². The minimum Gasteiger partial charge on any atom is -0.293 e. The molecule has 0 radical (unpaired) electrons. The van der Waals surface area contributed by atoms with E-state index in [4.69, 9.17) is 0 Å². The minimum atomic E-state index is -0.0253. The molecule has 3 heterocycles. The van der Waals surface area contributed by atoms with Crippen molar-refractivity contribution < 1.29 is 0 Å². The quantitative estimate of drug-likeness (QED) is 0.742. The molecule has 0 fully saturated rings. The monoisotopic (exact) mass is 292 g/mol. The van der Waals surface area contributed by atoms with Crippen LogP contribution >= 0.6 is 22.9 Å². The van der Waals surface area contributed by atoms with Gasteiger partial charge in [-0.3, -0.25) is 9.36 Å². The first kappa shape index (κ1) is 12.4. The maximum atomic E-state index is 12.4. The second kappa shape index (κ2) is 4.82. The van der Waals surface area contributed by atoms with Gasteiger partial charge in [-0.05, 0) is 24.9 Å². The van der Waals surface area contributed by atoms with Crippen molar-refractivity contribution in [2.45, 2.75) is 26.8 Å². The summed E-state index contributed by atoms with van der Waals surface area (Å²) in [6.07, 6.45) is 4.34. The van der Waals surface area contributed by atoms with Gasteiger partial charge in [0.05, 0.1) is 29.0 Å². The van der Waals surface area contributed by atoms with Crippen LogP contribution in [0.5, 0.6) is 0 Å². The summed E-state index contributed by atoms with van der Waals surface area (Å²) >= 11 is 2.90. The summed E-state index contributed by atoms with van der Waals surface area (Å²) in [5.74, 6) is 0. The zero-order valence-corrected chi connectivity index (χ0v) is 12.2. The van der Waals surface area contributed by atoms with Gasteiger partial charge in [-0.25, -0.2) is 9.97 Å². The number of fused-ring (bicyclic) bond motifs is 1. The van der Waals surface area contributed by atoms with E-state index in [0.29, 0.717) is 16.8 Å². The number of aryl methyl sites for hydroxylation is 2. The standard InChI is InChI=1S/C12H12N4OS2/c1-3-9-13-4-8(18-9)5-16-6-14-11-10(12(16)17)7(2)15-19-11/h4,6H,3,5H2,1-2H3. The van der Waals surface area contributed by atoms with E-state index in [1.54, 1.807) is 22.2 Å². The van der Waals surface area contributed by atoms with Gasteiger partial charge in [0.15, 0.2) is 4.83 Å². The van der Waals surface area contributed by atoms with Crippen LogP contribution in [0, 0.1) is 6.92 Å². The lowest BCUT2D eigenvalue weighted by molar-refractivity contribution is 0.757. The maximum Gasteiger partial charge on any atom is 0.264 e. The Labute approximate surface area is 117 Å². The van der Waals surface area contributed by atoms with Crippen LogP contribution in [-0.2, 0) is 13.0 Å². The number of hydrogen-bond acceptors (Lipinski definition) is 6. The molecule has 98 valence electrons. The Bertz CT molecular complexity index is 786. The second-order valence-electron chi connectivity index (χ2n) is 4.20. The third-order valence-electron chi connectivity index (χ3n) is 2.86. The zero-order valence-electron chi connectivity index (χ0n) is 10.6. The van der Waals surface area contributed by atoms with E-state index in [2.05, 4.69) is 21.3 Å². The van der Waals surface area contributed by atoms with E-state index in [1.807, 2.05) is 13.1 Å². The lowest BCUT2D eigenvalue weighted by Crippen LogP contribution is -2.20. The number of hydrogen-bond donors (Lipinski definition) is 0. The van der Waals surface area contributed by atoms with Crippen LogP contribution < -0.4 is 5.56 Å². The van der Waals surface area contributed by atoms with Crippen molar-refractivity contribution in [1.82, 2.24) is 18.9 Å². The Balaban J connectivity index is 2.03. The predicted octanol–water partition coefficient (Wildman–Crippen LogP) is 2.23. The summed E-state index contributed by atoms with van der Waals surface area (Å²) in [5, 5.41) is 1.72. The summed E-state index contributed by atoms with van der Waals surface area (Å²) in [6.45, 7) is 4.44. The molecular weight excluding hydrogens is 280 g/mol. The third-order valence-corrected chi connectivity index (χ3v) is 4.84. The summed E-state index contributed by atoms with van der Waals surface area (Å²) in [6, 6.07) is 0. The highest BCUT2D eigenvalue weighted by atomic mass is 32.1. The summed E-state index contributed by atoms with van der Waals surface area (Å²) in [5.41, 5.74) is 0.730. The largest absolute Gasteiger partial charge is 0.293 e. The van der Waals surface area contributed by atoms with Crippen molar-refractivity contribution >= 4 is 33.1 Å². The fraction of sp³-hybridized carbons (Fsp3) is 0.333. The SMILES string of the molecule is CCc1ncc(Cn2cnc3snc(C)c3c2=O)s1. The first-order valence-electron chi connectivity index (χ1n) is 5.94. The van der Waals surface area contributed by atoms with E-state index >= 15 is 0 Å². The highest BCUT2D eigenvalue weighted by Gasteiger charge is 2.11. The average Bonchev–Trinajstić information content (AvgIpc) is 3.00. The van der Waals surface area contributed by atoms with Crippen LogP contribution in [0.1, 0.15) is 22.5 Å². The Hall–Kier alpha value is -1.60. The summed E-state index contributed by atoms with van der Waals surface area (Å²) < 4.78 is 5.80. The molecule has 0 aliphatic heterocycles. The van der Waals surface area contributed by atoms with E-state index in [0.717, 1.165) is 22.0 Å². The maximum absolute atomic E-state index is 12.4. The molecular formula is C12H12N4OS2. The molecule has 0 aliphatic carbocycles. The Morgan fingerprint density at radius 3 is 2.95 bits per heavy atom. The van der Waals surface area contributed by atoms with Crippen molar-refractivity contribution in [3.8, 4) is 0 Å². The van der Waals surface area contributed by atoms with Crippen molar-refractivity contribution in [2.75, 3.05) is 0 Å². The van der Waals surface area contributed by atoms with Gasteiger partial charge in [-0.2, -0.15) is 4.37 Å². The Morgan fingerprint density at radius 1 is 1.37 bits per heavy atom. The number of aromatic nitrogens is 4. The smallest absolute Gasteiger partial charge is 0.264 e. The predicted molar refractivity (Wildman–Crippen MR) is 77.0 cm³/mol. The number of rotatable bonds is 3. The lowest BCUT2D eigenvalue weighted by Gasteiger charge is -2.02. The molecule has 0 aliphatic rings. The van der Waals surface area contributed by atoms with Gasteiger partial charge in [-0.15, -0.1) is 11.3 Å².